The summed E-state index contributed by atoms with van der Waals surface area (Å²) in [4.78, 5) is 13.9. The summed E-state index contributed by atoms with van der Waals surface area (Å²) in [5, 5.41) is 3.05. The molecule has 0 saturated carbocycles. The minimum absolute atomic E-state index is 0.00526. The first kappa shape index (κ1) is 20.7. The molecule has 4 rings (SSSR count). The summed E-state index contributed by atoms with van der Waals surface area (Å²) in [6.45, 7) is 0. The Labute approximate surface area is 181 Å². The van der Waals surface area contributed by atoms with Crippen LogP contribution in [-0.2, 0) is 16.3 Å². The molecule has 1 aliphatic rings. The van der Waals surface area contributed by atoms with Gasteiger partial charge in [0, 0.05) is 15.8 Å². The fourth-order valence-electron chi connectivity index (χ4n) is 3.59. The number of para-hydroxylation sites is 1. The van der Waals surface area contributed by atoms with Gasteiger partial charge < -0.3 is 5.32 Å². The maximum absolute atomic E-state index is 13.1. The highest BCUT2D eigenvalue weighted by molar-refractivity contribution is 8.02. The second-order valence-electron chi connectivity index (χ2n) is 7.41. The lowest BCUT2D eigenvalue weighted by Crippen LogP contribution is -2.15. The molecule has 0 bridgehead atoms. The number of carbonyl (C=O) groups is 1. The Hall–Kier alpha value is -2.57. The SMILES string of the molecule is O=C(Nc1ccccc1Cc1ccccc1)c1ccccc1S[C@@H]1CCS(=O)(=O)C1. The third-order valence-electron chi connectivity index (χ3n) is 5.12. The standard InChI is InChI=1S/C24H23NO3S2/c26-24(21-11-5-7-13-23(21)29-20-14-15-30(27,28)17-20)25-22-12-6-4-10-19(22)16-18-8-2-1-3-9-18/h1-13,20H,14-17H2,(H,25,26)/t20-/m1/s1. The quantitative estimate of drug-likeness (QED) is 0.601. The number of hydrogen-bond donors (Lipinski definition) is 1. The minimum Gasteiger partial charge on any atom is -0.322 e. The smallest absolute Gasteiger partial charge is 0.256 e. The van der Waals surface area contributed by atoms with Crippen molar-refractivity contribution in [2.24, 2.45) is 0 Å². The van der Waals surface area contributed by atoms with E-state index in [-0.39, 0.29) is 22.7 Å². The van der Waals surface area contributed by atoms with Crippen molar-refractivity contribution in [2.45, 2.75) is 23.0 Å². The molecule has 0 radical (unpaired) electrons. The number of nitrogens with one attached hydrogen (secondary N) is 1. The average Bonchev–Trinajstić information content (AvgIpc) is 3.09. The molecule has 1 heterocycles. The molecule has 1 saturated heterocycles. The van der Waals surface area contributed by atoms with Crippen LogP contribution in [0, 0.1) is 0 Å². The van der Waals surface area contributed by atoms with Crippen molar-refractivity contribution in [1.29, 1.82) is 0 Å². The number of sulfone groups is 1. The van der Waals surface area contributed by atoms with Crippen LogP contribution in [0.1, 0.15) is 27.9 Å². The highest BCUT2D eigenvalue weighted by Gasteiger charge is 2.29. The summed E-state index contributed by atoms with van der Waals surface area (Å²) in [6, 6.07) is 25.4. The number of thioether (sulfide) groups is 1. The third kappa shape index (κ3) is 5.12. The molecule has 1 atom stereocenters. The molecule has 6 heteroatoms. The molecule has 0 aliphatic carbocycles. The van der Waals surface area contributed by atoms with Gasteiger partial charge in [-0.05, 0) is 42.2 Å². The van der Waals surface area contributed by atoms with E-state index in [2.05, 4.69) is 17.4 Å². The normalized spacial score (nSPS) is 17.5. The van der Waals surface area contributed by atoms with Crippen LogP contribution in [0.2, 0.25) is 0 Å². The van der Waals surface area contributed by atoms with Gasteiger partial charge in [0.05, 0.1) is 17.1 Å². The minimum atomic E-state index is -2.95. The summed E-state index contributed by atoms with van der Waals surface area (Å²) in [5.74, 6) is 0.221. The Morgan fingerprint density at radius 3 is 2.40 bits per heavy atom. The van der Waals surface area contributed by atoms with Gasteiger partial charge in [0.2, 0.25) is 0 Å². The zero-order valence-corrected chi connectivity index (χ0v) is 18.1. The van der Waals surface area contributed by atoms with Gasteiger partial charge in [-0.3, -0.25) is 4.79 Å². The van der Waals surface area contributed by atoms with E-state index in [1.807, 2.05) is 60.7 Å². The van der Waals surface area contributed by atoms with Crippen molar-refractivity contribution in [3.05, 3.63) is 95.6 Å². The maximum Gasteiger partial charge on any atom is 0.256 e. The molecule has 30 heavy (non-hydrogen) atoms. The van der Waals surface area contributed by atoms with E-state index in [0.717, 1.165) is 22.6 Å². The fourth-order valence-corrected chi connectivity index (χ4v) is 7.22. The van der Waals surface area contributed by atoms with Crippen molar-refractivity contribution in [2.75, 3.05) is 16.8 Å². The predicted molar refractivity (Wildman–Crippen MR) is 123 cm³/mol. The number of carbonyl (C=O) groups excluding carboxylic acids is 1. The summed E-state index contributed by atoms with van der Waals surface area (Å²) in [7, 11) is -2.95. The van der Waals surface area contributed by atoms with E-state index >= 15 is 0 Å². The van der Waals surface area contributed by atoms with E-state index in [4.69, 9.17) is 0 Å². The summed E-state index contributed by atoms with van der Waals surface area (Å²) < 4.78 is 23.6. The highest BCUT2D eigenvalue weighted by Crippen LogP contribution is 2.33. The summed E-state index contributed by atoms with van der Waals surface area (Å²) in [5.41, 5.74) is 3.58. The molecule has 0 unspecified atom stereocenters. The van der Waals surface area contributed by atoms with E-state index in [1.165, 1.54) is 17.3 Å². The van der Waals surface area contributed by atoms with Gasteiger partial charge in [-0.25, -0.2) is 8.42 Å². The first-order chi connectivity index (χ1) is 14.5. The van der Waals surface area contributed by atoms with Gasteiger partial charge in [0.1, 0.15) is 0 Å². The third-order valence-corrected chi connectivity index (χ3v) is 8.44. The van der Waals surface area contributed by atoms with Gasteiger partial charge in [-0.1, -0.05) is 60.7 Å². The Morgan fingerprint density at radius 1 is 0.933 bits per heavy atom. The molecule has 1 fully saturated rings. The van der Waals surface area contributed by atoms with Crippen molar-refractivity contribution in [3.63, 3.8) is 0 Å². The van der Waals surface area contributed by atoms with Crippen LogP contribution in [0.5, 0.6) is 0 Å². The van der Waals surface area contributed by atoms with Crippen LogP contribution in [0.25, 0.3) is 0 Å². The van der Waals surface area contributed by atoms with Crippen molar-refractivity contribution in [1.82, 2.24) is 0 Å². The first-order valence-corrected chi connectivity index (χ1v) is 12.6. The van der Waals surface area contributed by atoms with Crippen molar-refractivity contribution >= 4 is 33.2 Å². The number of benzene rings is 3. The van der Waals surface area contributed by atoms with Gasteiger partial charge >= 0.3 is 0 Å². The molecule has 0 spiro atoms. The lowest BCUT2D eigenvalue weighted by Gasteiger charge is -2.15. The number of amides is 1. The molecule has 1 amide bonds. The maximum atomic E-state index is 13.1. The molecule has 0 aromatic heterocycles. The second-order valence-corrected chi connectivity index (χ2v) is 11.0. The van der Waals surface area contributed by atoms with Crippen LogP contribution in [-0.4, -0.2) is 31.1 Å². The molecule has 154 valence electrons. The molecule has 4 nitrogen and oxygen atoms in total. The van der Waals surface area contributed by atoms with Crippen LogP contribution in [0.3, 0.4) is 0 Å². The Balaban J connectivity index is 1.53. The molecular formula is C24H23NO3S2. The highest BCUT2D eigenvalue weighted by atomic mass is 32.2. The second kappa shape index (κ2) is 9.06. The predicted octanol–water partition coefficient (Wildman–Crippen LogP) is 4.81. The largest absolute Gasteiger partial charge is 0.322 e. The molecule has 1 N–H and O–H groups in total. The first-order valence-electron chi connectivity index (χ1n) is 9.89. The van der Waals surface area contributed by atoms with Crippen LogP contribution in [0.4, 0.5) is 5.69 Å². The van der Waals surface area contributed by atoms with Gasteiger partial charge in [0.15, 0.2) is 9.84 Å². The Bertz CT molecular complexity index is 1140. The topological polar surface area (TPSA) is 63.2 Å². The van der Waals surface area contributed by atoms with Crippen LogP contribution < -0.4 is 5.32 Å². The van der Waals surface area contributed by atoms with Crippen LogP contribution >= 0.6 is 11.8 Å². The zero-order chi connectivity index (χ0) is 21.0. The zero-order valence-electron chi connectivity index (χ0n) is 16.5. The van der Waals surface area contributed by atoms with E-state index in [1.54, 1.807) is 6.07 Å². The van der Waals surface area contributed by atoms with Crippen LogP contribution in [0.15, 0.2) is 83.8 Å². The lowest BCUT2D eigenvalue weighted by molar-refractivity contribution is 0.102. The number of rotatable bonds is 6. The Kier molecular flexibility index (Phi) is 6.25. The average molecular weight is 438 g/mol. The van der Waals surface area contributed by atoms with Gasteiger partial charge in [0.25, 0.3) is 5.91 Å². The van der Waals surface area contributed by atoms with Gasteiger partial charge in [-0.2, -0.15) is 0 Å². The lowest BCUT2D eigenvalue weighted by atomic mass is 10.0. The summed E-state index contributed by atoms with van der Waals surface area (Å²) in [6.07, 6.45) is 1.36. The summed E-state index contributed by atoms with van der Waals surface area (Å²) >= 11 is 1.49. The molecule has 3 aromatic carbocycles. The van der Waals surface area contributed by atoms with Crippen molar-refractivity contribution < 1.29 is 13.2 Å². The monoisotopic (exact) mass is 437 g/mol. The fraction of sp³-hybridized carbons (Fsp3) is 0.208. The van der Waals surface area contributed by atoms with Crippen molar-refractivity contribution in [3.8, 4) is 0 Å². The van der Waals surface area contributed by atoms with E-state index in [9.17, 15) is 13.2 Å². The number of anilines is 1. The van der Waals surface area contributed by atoms with E-state index in [0.29, 0.717) is 12.0 Å². The van der Waals surface area contributed by atoms with E-state index < -0.39 is 9.84 Å². The number of hydrogen-bond acceptors (Lipinski definition) is 4. The molecule has 3 aromatic rings. The molecule has 1 aliphatic heterocycles. The Morgan fingerprint density at radius 2 is 1.63 bits per heavy atom. The van der Waals surface area contributed by atoms with Gasteiger partial charge in [-0.15, -0.1) is 11.8 Å². The molecular weight excluding hydrogens is 414 g/mol.